The number of morpholine rings is 1. The molecule has 0 aromatic carbocycles. The van der Waals surface area contributed by atoms with Crippen LogP contribution in [0.5, 0.6) is 5.88 Å². The summed E-state index contributed by atoms with van der Waals surface area (Å²) < 4.78 is 22.2. The van der Waals surface area contributed by atoms with Gasteiger partial charge in [0, 0.05) is 26.3 Å². The molecule has 3 heterocycles. The number of methoxy groups -OCH3 is 1. The minimum atomic E-state index is 0.0851. The van der Waals surface area contributed by atoms with Gasteiger partial charge in [-0.3, -0.25) is 4.90 Å². The van der Waals surface area contributed by atoms with E-state index in [9.17, 15) is 0 Å². The summed E-state index contributed by atoms with van der Waals surface area (Å²) in [7, 11) is 1.66. The minimum absolute atomic E-state index is 0.0851. The van der Waals surface area contributed by atoms with Gasteiger partial charge in [-0.1, -0.05) is 6.07 Å². The van der Waals surface area contributed by atoms with E-state index < -0.39 is 0 Å². The monoisotopic (exact) mass is 332 g/mol. The molecular weight excluding hydrogens is 308 g/mol. The Bertz CT molecular complexity index is 643. The zero-order valence-corrected chi connectivity index (χ0v) is 14.2. The number of rotatable bonds is 7. The Kier molecular flexibility index (Phi) is 5.85. The van der Waals surface area contributed by atoms with Crippen LogP contribution in [0.3, 0.4) is 0 Å². The van der Waals surface area contributed by atoms with E-state index >= 15 is 0 Å². The Morgan fingerprint density at radius 3 is 3.04 bits per heavy atom. The minimum Gasteiger partial charge on any atom is -0.478 e. The summed E-state index contributed by atoms with van der Waals surface area (Å²) in [4.78, 5) is 6.89. The summed E-state index contributed by atoms with van der Waals surface area (Å²) in [6, 6.07) is 9.93. The van der Waals surface area contributed by atoms with Gasteiger partial charge in [0.2, 0.25) is 5.88 Å². The van der Waals surface area contributed by atoms with E-state index in [0.29, 0.717) is 32.3 Å². The van der Waals surface area contributed by atoms with Crippen molar-refractivity contribution in [2.24, 2.45) is 0 Å². The van der Waals surface area contributed by atoms with Gasteiger partial charge in [-0.05, 0) is 25.1 Å². The highest BCUT2D eigenvalue weighted by Gasteiger charge is 2.27. The maximum Gasteiger partial charge on any atom is 0.213 e. The lowest BCUT2D eigenvalue weighted by molar-refractivity contribution is -0.0216. The highest BCUT2D eigenvalue weighted by atomic mass is 16.5. The van der Waals surface area contributed by atoms with Crippen LogP contribution in [-0.2, 0) is 22.6 Å². The second-order valence-corrected chi connectivity index (χ2v) is 5.70. The number of aromatic nitrogens is 1. The lowest BCUT2D eigenvalue weighted by Gasteiger charge is -2.34. The fourth-order valence-corrected chi connectivity index (χ4v) is 2.86. The van der Waals surface area contributed by atoms with Crippen LogP contribution in [0.4, 0.5) is 0 Å². The van der Waals surface area contributed by atoms with Crippen molar-refractivity contribution in [1.82, 2.24) is 9.88 Å². The van der Waals surface area contributed by atoms with Crippen LogP contribution in [-0.4, -0.2) is 43.4 Å². The summed E-state index contributed by atoms with van der Waals surface area (Å²) in [5.41, 5.74) is 0.983. The molecule has 1 saturated heterocycles. The Hall–Kier alpha value is -1.89. The van der Waals surface area contributed by atoms with E-state index in [4.69, 9.17) is 18.6 Å². The highest BCUT2D eigenvalue weighted by Crippen LogP contribution is 2.27. The third-order valence-electron chi connectivity index (χ3n) is 3.98. The van der Waals surface area contributed by atoms with Crippen LogP contribution in [0.15, 0.2) is 34.7 Å². The fourth-order valence-electron chi connectivity index (χ4n) is 2.86. The summed E-state index contributed by atoms with van der Waals surface area (Å²) in [5, 5.41) is 0. The predicted octanol–water partition coefficient (Wildman–Crippen LogP) is 2.79. The summed E-state index contributed by atoms with van der Waals surface area (Å²) in [6.07, 6.45) is 0. The number of nitrogens with zero attached hydrogens (tertiary/aromatic N) is 2. The first-order valence-corrected chi connectivity index (χ1v) is 8.28. The Morgan fingerprint density at radius 2 is 2.21 bits per heavy atom. The lowest BCUT2D eigenvalue weighted by Crippen LogP contribution is -2.39. The van der Waals surface area contributed by atoms with Gasteiger partial charge < -0.3 is 18.6 Å². The van der Waals surface area contributed by atoms with Gasteiger partial charge in [0.05, 0.1) is 31.6 Å². The van der Waals surface area contributed by atoms with Gasteiger partial charge >= 0.3 is 0 Å². The van der Waals surface area contributed by atoms with Gasteiger partial charge in [-0.25, -0.2) is 4.98 Å². The molecule has 1 aliphatic rings. The lowest BCUT2D eigenvalue weighted by atomic mass is 10.1. The van der Waals surface area contributed by atoms with E-state index in [1.165, 1.54) is 0 Å². The molecule has 1 unspecified atom stereocenters. The highest BCUT2D eigenvalue weighted by molar-refractivity contribution is 5.17. The molecular formula is C18H24N2O4. The van der Waals surface area contributed by atoms with Crippen molar-refractivity contribution in [1.29, 1.82) is 0 Å². The maximum atomic E-state index is 5.90. The SMILES string of the molecule is CCOc1cccc(CN2CCOCC2c2ccc(COC)o2)n1. The van der Waals surface area contributed by atoms with Crippen LogP contribution in [0.1, 0.15) is 30.2 Å². The zero-order valence-electron chi connectivity index (χ0n) is 14.2. The Labute approximate surface area is 142 Å². The molecule has 0 saturated carbocycles. The second kappa shape index (κ2) is 8.28. The number of pyridine rings is 1. The quantitative estimate of drug-likeness (QED) is 0.777. The molecule has 0 radical (unpaired) electrons. The van der Waals surface area contributed by atoms with Gasteiger partial charge in [-0.2, -0.15) is 0 Å². The van der Waals surface area contributed by atoms with Crippen LogP contribution in [0.2, 0.25) is 0 Å². The molecule has 24 heavy (non-hydrogen) atoms. The van der Waals surface area contributed by atoms with Crippen molar-refractivity contribution in [2.45, 2.75) is 26.1 Å². The first-order chi connectivity index (χ1) is 11.8. The van der Waals surface area contributed by atoms with Gasteiger partial charge in [-0.15, -0.1) is 0 Å². The molecule has 0 aliphatic carbocycles. The molecule has 0 spiro atoms. The maximum absolute atomic E-state index is 5.90. The van der Waals surface area contributed by atoms with Crippen molar-refractivity contribution < 1.29 is 18.6 Å². The Balaban J connectivity index is 1.73. The molecule has 130 valence electrons. The topological polar surface area (TPSA) is 57.0 Å². The van der Waals surface area contributed by atoms with Crippen molar-refractivity contribution >= 4 is 0 Å². The van der Waals surface area contributed by atoms with Crippen LogP contribution in [0.25, 0.3) is 0 Å². The predicted molar refractivity (Wildman–Crippen MR) is 88.8 cm³/mol. The van der Waals surface area contributed by atoms with E-state index in [1.807, 2.05) is 37.3 Å². The van der Waals surface area contributed by atoms with Gasteiger partial charge in [0.1, 0.15) is 18.1 Å². The average Bonchev–Trinajstić information content (AvgIpc) is 3.05. The number of hydrogen-bond donors (Lipinski definition) is 0. The molecule has 2 aromatic heterocycles. The first kappa shape index (κ1) is 17.0. The molecule has 6 heteroatoms. The summed E-state index contributed by atoms with van der Waals surface area (Å²) in [6.45, 7) is 5.96. The smallest absolute Gasteiger partial charge is 0.213 e. The number of ether oxygens (including phenoxy) is 3. The first-order valence-electron chi connectivity index (χ1n) is 8.28. The third kappa shape index (κ3) is 4.14. The van der Waals surface area contributed by atoms with E-state index in [1.54, 1.807) is 7.11 Å². The molecule has 1 aliphatic heterocycles. The van der Waals surface area contributed by atoms with Crippen LogP contribution >= 0.6 is 0 Å². The summed E-state index contributed by atoms with van der Waals surface area (Å²) in [5.74, 6) is 2.40. The zero-order chi connectivity index (χ0) is 16.8. The van der Waals surface area contributed by atoms with Crippen molar-refractivity contribution in [3.05, 3.63) is 47.5 Å². The largest absolute Gasteiger partial charge is 0.478 e. The van der Waals surface area contributed by atoms with Crippen molar-refractivity contribution in [2.75, 3.05) is 33.5 Å². The van der Waals surface area contributed by atoms with E-state index in [0.717, 1.165) is 30.3 Å². The number of hydrogen-bond acceptors (Lipinski definition) is 6. The molecule has 0 bridgehead atoms. The molecule has 2 aromatic rings. The summed E-state index contributed by atoms with van der Waals surface area (Å²) >= 11 is 0. The van der Waals surface area contributed by atoms with Gasteiger partial charge in [0.25, 0.3) is 0 Å². The fraction of sp³-hybridized carbons (Fsp3) is 0.500. The molecule has 0 N–H and O–H groups in total. The van der Waals surface area contributed by atoms with Crippen LogP contribution < -0.4 is 4.74 Å². The normalized spacial score (nSPS) is 18.7. The average molecular weight is 332 g/mol. The number of furan rings is 1. The van der Waals surface area contributed by atoms with Crippen LogP contribution in [0, 0.1) is 0 Å². The van der Waals surface area contributed by atoms with Crippen molar-refractivity contribution in [3.63, 3.8) is 0 Å². The Morgan fingerprint density at radius 1 is 1.29 bits per heavy atom. The second-order valence-electron chi connectivity index (χ2n) is 5.70. The van der Waals surface area contributed by atoms with Gasteiger partial charge in [0.15, 0.2) is 0 Å². The third-order valence-corrected chi connectivity index (χ3v) is 3.98. The molecule has 1 atom stereocenters. The van der Waals surface area contributed by atoms with E-state index in [2.05, 4.69) is 9.88 Å². The van der Waals surface area contributed by atoms with E-state index in [-0.39, 0.29) is 6.04 Å². The standard InChI is InChI=1S/C18H24N2O4/c1-3-23-18-6-4-5-14(19-18)11-20-9-10-22-13-16(20)17-8-7-15(24-17)12-21-2/h4-8,16H,3,9-13H2,1-2H3. The van der Waals surface area contributed by atoms with Crippen molar-refractivity contribution in [3.8, 4) is 5.88 Å². The molecule has 0 amide bonds. The molecule has 6 nitrogen and oxygen atoms in total. The molecule has 3 rings (SSSR count). The molecule has 1 fully saturated rings.